The van der Waals surface area contributed by atoms with Gasteiger partial charge < -0.3 is 4.90 Å². The van der Waals surface area contributed by atoms with Crippen LogP contribution in [0.1, 0.15) is 26.3 Å². The first kappa shape index (κ1) is 14.9. The highest BCUT2D eigenvalue weighted by Gasteiger charge is 2.62. The molecule has 2 heterocycles. The van der Waals surface area contributed by atoms with Crippen molar-refractivity contribution in [3.05, 3.63) is 95.6 Å². The van der Waals surface area contributed by atoms with Gasteiger partial charge in [0.05, 0.1) is 0 Å². The Morgan fingerprint density at radius 2 is 1.35 bits per heavy atom. The zero-order chi connectivity index (χ0) is 17.9. The number of hydrogen-bond acceptors (Lipinski definition) is 3. The van der Waals surface area contributed by atoms with Crippen LogP contribution in [-0.2, 0) is 5.66 Å². The topological polar surface area (TPSA) is 40.6 Å². The standard InChI is InChI=1S/C22H16N2O2/c1-23-19-14-8-6-12-17(19)20(25)22(23)18-13-7-5-11-16(18)21(26)24(22)15-9-3-2-4-10-15/h2-14H,1H3. The normalized spacial score (nSPS) is 20.7. The summed E-state index contributed by atoms with van der Waals surface area (Å²) in [5, 5.41) is 0. The smallest absolute Gasteiger partial charge is 0.261 e. The van der Waals surface area contributed by atoms with Crippen molar-refractivity contribution in [2.45, 2.75) is 5.66 Å². The largest absolute Gasteiger partial charge is 0.340 e. The van der Waals surface area contributed by atoms with E-state index in [1.807, 2.05) is 84.7 Å². The average Bonchev–Trinajstić information content (AvgIpc) is 3.09. The Morgan fingerprint density at radius 3 is 2.08 bits per heavy atom. The summed E-state index contributed by atoms with van der Waals surface area (Å²) in [7, 11) is 1.88. The van der Waals surface area contributed by atoms with Crippen LogP contribution in [0.15, 0.2) is 78.9 Å². The second kappa shape index (κ2) is 5.05. The van der Waals surface area contributed by atoms with Crippen molar-refractivity contribution < 1.29 is 9.59 Å². The number of amides is 1. The number of para-hydroxylation sites is 2. The van der Waals surface area contributed by atoms with Gasteiger partial charge in [0.15, 0.2) is 0 Å². The van der Waals surface area contributed by atoms with Gasteiger partial charge in [0.2, 0.25) is 11.4 Å². The first-order valence-corrected chi connectivity index (χ1v) is 8.54. The number of Topliss-reactive ketones (excluding diaryl/α,β-unsaturated/α-hetero) is 1. The molecule has 2 aliphatic rings. The molecule has 0 saturated heterocycles. The van der Waals surface area contributed by atoms with Crippen LogP contribution in [0.2, 0.25) is 0 Å². The third-order valence-electron chi connectivity index (χ3n) is 5.39. The van der Waals surface area contributed by atoms with Crippen molar-refractivity contribution in [3.63, 3.8) is 0 Å². The lowest BCUT2D eigenvalue weighted by molar-refractivity contribution is 0.0859. The van der Waals surface area contributed by atoms with Crippen molar-refractivity contribution in [1.82, 2.24) is 0 Å². The lowest BCUT2D eigenvalue weighted by Gasteiger charge is -2.40. The molecule has 1 atom stereocenters. The minimum Gasteiger partial charge on any atom is -0.340 e. The monoisotopic (exact) mass is 340 g/mol. The van der Waals surface area contributed by atoms with E-state index >= 15 is 0 Å². The fourth-order valence-electron chi connectivity index (χ4n) is 4.27. The summed E-state index contributed by atoms with van der Waals surface area (Å²) in [6, 6.07) is 24.3. The maximum Gasteiger partial charge on any atom is 0.261 e. The van der Waals surface area contributed by atoms with Gasteiger partial charge in [-0.2, -0.15) is 0 Å². The molecule has 1 unspecified atom stereocenters. The molecule has 26 heavy (non-hydrogen) atoms. The molecular formula is C22H16N2O2. The minimum atomic E-state index is -1.18. The van der Waals surface area contributed by atoms with Crippen LogP contribution in [0, 0.1) is 0 Å². The highest BCUT2D eigenvalue weighted by atomic mass is 16.2. The van der Waals surface area contributed by atoms with Gasteiger partial charge in [-0.3, -0.25) is 14.5 Å². The van der Waals surface area contributed by atoms with E-state index in [1.165, 1.54) is 0 Å². The third kappa shape index (κ3) is 1.59. The summed E-state index contributed by atoms with van der Waals surface area (Å²) in [5.41, 5.74) is 2.31. The predicted octanol–water partition coefficient (Wildman–Crippen LogP) is 3.83. The second-order valence-electron chi connectivity index (χ2n) is 6.60. The number of anilines is 2. The molecule has 3 aromatic rings. The zero-order valence-corrected chi connectivity index (χ0v) is 14.2. The molecule has 126 valence electrons. The number of fused-ring (bicyclic) bond motifs is 3. The predicted molar refractivity (Wildman–Crippen MR) is 101 cm³/mol. The van der Waals surface area contributed by atoms with E-state index in [1.54, 1.807) is 11.0 Å². The van der Waals surface area contributed by atoms with E-state index in [9.17, 15) is 9.59 Å². The van der Waals surface area contributed by atoms with Crippen molar-refractivity contribution in [2.75, 3.05) is 16.8 Å². The Kier molecular flexibility index (Phi) is 2.89. The Morgan fingerprint density at radius 1 is 0.731 bits per heavy atom. The third-order valence-corrected chi connectivity index (χ3v) is 5.39. The van der Waals surface area contributed by atoms with E-state index in [-0.39, 0.29) is 11.7 Å². The van der Waals surface area contributed by atoms with E-state index in [0.717, 1.165) is 11.3 Å². The van der Waals surface area contributed by atoms with Crippen LogP contribution in [0.4, 0.5) is 11.4 Å². The number of carbonyl (C=O) groups excluding carboxylic acids is 2. The zero-order valence-electron chi connectivity index (χ0n) is 14.2. The van der Waals surface area contributed by atoms with Gasteiger partial charge in [-0.25, -0.2) is 0 Å². The number of ketones is 1. The second-order valence-corrected chi connectivity index (χ2v) is 6.60. The highest BCUT2D eigenvalue weighted by molar-refractivity contribution is 6.25. The number of nitrogens with zero attached hydrogens (tertiary/aromatic N) is 2. The van der Waals surface area contributed by atoms with Crippen LogP contribution in [0.3, 0.4) is 0 Å². The number of benzene rings is 3. The molecule has 0 fully saturated rings. The Bertz CT molecular complexity index is 1060. The van der Waals surface area contributed by atoms with E-state index < -0.39 is 5.66 Å². The van der Waals surface area contributed by atoms with Gasteiger partial charge in [0, 0.05) is 35.1 Å². The van der Waals surface area contributed by atoms with Gasteiger partial charge in [-0.1, -0.05) is 48.5 Å². The van der Waals surface area contributed by atoms with Crippen LogP contribution < -0.4 is 9.80 Å². The van der Waals surface area contributed by atoms with Gasteiger partial charge in [-0.15, -0.1) is 0 Å². The number of carbonyl (C=O) groups is 2. The Hall–Kier alpha value is -3.40. The van der Waals surface area contributed by atoms with Crippen molar-refractivity contribution in [3.8, 4) is 0 Å². The summed E-state index contributed by atoms with van der Waals surface area (Å²) in [6.45, 7) is 0. The van der Waals surface area contributed by atoms with Crippen LogP contribution in [0.5, 0.6) is 0 Å². The SMILES string of the molecule is CN1c2ccccc2C(=O)C12c1ccccc1C(=O)N2c1ccccc1. The molecule has 3 aromatic carbocycles. The van der Waals surface area contributed by atoms with Gasteiger partial charge >= 0.3 is 0 Å². The van der Waals surface area contributed by atoms with Crippen LogP contribution in [0.25, 0.3) is 0 Å². The molecule has 1 amide bonds. The molecule has 2 aliphatic heterocycles. The molecule has 1 spiro atoms. The van der Waals surface area contributed by atoms with Crippen molar-refractivity contribution in [1.29, 1.82) is 0 Å². The fraction of sp³-hybridized carbons (Fsp3) is 0.0909. The van der Waals surface area contributed by atoms with Crippen LogP contribution >= 0.6 is 0 Å². The lowest BCUT2D eigenvalue weighted by atomic mass is 9.92. The van der Waals surface area contributed by atoms with E-state index in [0.29, 0.717) is 16.8 Å². The number of likely N-dealkylation sites (N-methyl/N-ethyl adjacent to an activating group) is 1. The Labute approximate surface area is 151 Å². The van der Waals surface area contributed by atoms with E-state index in [4.69, 9.17) is 0 Å². The van der Waals surface area contributed by atoms with Crippen molar-refractivity contribution >= 4 is 23.1 Å². The molecule has 0 bridgehead atoms. The number of hydrogen-bond donors (Lipinski definition) is 0. The lowest BCUT2D eigenvalue weighted by Crippen LogP contribution is -2.57. The first-order chi connectivity index (χ1) is 12.7. The van der Waals surface area contributed by atoms with Gasteiger partial charge in [-0.05, 0) is 30.3 Å². The van der Waals surface area contributed by atoms with Crippen LogP contribution in [-0.4, -0.2) is 18.7 Å². The molecule has 0 aliphatic carbocycles. The summed E-state index contributed by atoms with van der Waals surface area (Å²) in [6.07, 6.45) is 0. The summed E-state index contributed by atoms with van der Waals surface area (Å²) >= 11 is 0. The maximum absolute atomic E-state index is 13.7. The quantitative estimate of drug-likeness (QED) is 0.676. The van der Waals surface area contributed by atoms with Crippen molar-refractivity contribution in [2.24, 2.45) is 0 Å². The Balaban J connectivity index is 1.86. The molecule has 4 heteroatoms. The average molecular weight is 340 g/mol. The minimum absolute atomic E-state index is 0.0715. The highest BCUT2D eigenvalue weighted by Crippen LogP contribution is 2.52. The molecule has 0 saturated carbocycles. The van der Waals surface area contributed by atoms with Gasteiger partial charge in [0.1, 0.15) is 0 Å². The first-order valence-electron chi connectivity index (χ1n) is 8.54. The summed E-state index contributed by atoms with van der Waals surface area (Å²) in [5.74, 6) is -0.224. The van der Waals surface area contributed by atoms with E-state index in [2.05, 4.69) is 0 Å². The number of rotatable bonds is 1. The van der Waals surface area contributed by atoms with Gasteiger partial charge in [0.25, 0.3) is 5.91 Å². The summed E-state index contributed by atoms with van der Waals surface area (Å²) in [4.78, 5) is 30.6. The molecular weight excluding hydrogens is 324 g/mol. The molecule has 0 aromatic heterocycles. The molecule has 0 radical (unpaired) electrons. The molecule has 4 nitrogen and oxygen atoms in total. The maximum atomic E-state index is 13.7. The summed E-state index contributed by atoms with van der Waals surface area (Å²) < 4.78 is 0. The fourth-order valence-corrected chi connectivity index (χ4v) is 4.27. The molecule has 0 N–H and O–H groups in total. The molecule has 5 rings (SSSR count).